The SMILES string of the molecule is C=C/C(=C\C)C(Sc1nc(SCCN2CCOCC2)c(C#N)c(CC)c1C#N)C(N)=O. The van der Waals surface area contributed by atoms with Crippen molar-refractivity contribution < 1.29 is 9.53 Å². The minimum absolute atomic E-state index is 0.326. The summed E-state index contributed by atoms with van der Waals surface area (Å²) < 4.78 is 5.38. The van der Waals surface area contributed by atoms with Crippen molar-refractivity contribution in [3.05, 3.63) is 41.0 Å². The number of carbonyl (C=O) groups excluding carboxylic acids is 1. The van der Waals surface area contributed by atoms with Crippen molar-refractivity contribution >= 4 is 29.4 Å². The zero-order chi connectivity index (χ0) is 22.8. The summed E-state index contributed by atoms with van der Waals surface area (Å²) in [5, 5.41) is 19.9. The lowest BCUT2D eigenvalue weighted by Gasteiger charge is -2.26. The number of hydrogen-bond acceptors (Lipinski definition) is 8. The topological polar surface area (TPSA) is 116 Å². The van der Waals surface area contributed by atoms with Crippen LogP contribution < -0.4 is 5.73 Å². The fourth-order valence-electron chi connectivity index (χ4n) is 3.24. The molecule has 2 rings (SSSR count). The van der Waals surface area contributed by atoms with E-state index in [2.05, 4.69) is 28.6 Å². The molecule has 0 aromatic carbocycles. The third-order valence-corrected chi connectivity index (χ3v) is 7.14. The molecule has 1 aromatic rings. The molecule has 0 bridgehead atoms. The molecule has 164 valence electrons. The Morgan fingerprint density at radius 3 is 2.48 bits per heavy atom. The van der Waals surface area contributed by atoms with Crippen molar-refractivity contribution in [3.8, 4) is 12.1 Å². The van der Waals surface area contributed by atoms with Crippen molar-refractivity contribution in [1.29, 1.82) is 10.5 Å². The number of rotatable bonds is 10. The Labute approximate surface area is 192 Å². The van der Waals surface area contributed by atoms with Crippen LogP contribution in [0.3, 0.4) is 0 Å². The smallest absolute Gasteiger partial charge is 0.235 e. The molecule has 0 spiro atoms. The summed E-state index contributed by atoms with van der Waals surface area (Å²) in [4.78, 5) is 19.1. The third-order valence-electron chi connectivity index (χ3n) is 4.92. The highest BCUT2D eigenvalue weighted by atomic mass is 32.2. The molecule has 31 heavy (non-hydrogen) atoms. The highest BCUT2D eigenvalue weighted by Gasteiger charge is 2.26. The minimum Gasteiger partial charge on any atom is -0.379 e. The van der Waals surface area contributed by atoms with E-state index in [1.807, 2.05) is 6.92 Å². The zero-order valence-electron chi connectivity index (χ0n) is 17.9. The highest BCUT2D eigenvalue weighted by molar-refractivity contribution is 8.01. The van der Waals surface area contributed by atoms with Crippen molar-refractivity contribution in [2.24, 2.45) is 5.73 Å². The number of nitriles is 2. The van der Waals surface area contributed by atoms with Gasteiger partial charge in [0.2, 0.25) is 5.91 Å². The number of nitrogens with two attached hydrogens (primary N) is 1. The van der Waals surface area contributed by atoms with Crippen LogP contribution in [0.1, 0.15) is 30.5 Å². The Hall–Kier alpha value is -2.30. The van der Waals surface area contributed by atoms with E-state index in [0.717, 1.165) is 50.4 Å². The minimum atomic E-state index is -0.717. The molecule has 2 heterocycles. The van der Waals surface area contributed by atoms with Crippen LogP contribution in [0, 0.1) is 22.7 Å². The third kappa shape index (κ3) is 6.34. The van der Waals surface area contributed by atoms with Crippen LogP contribution >= 0.6 is 23.5 Å². The normalized spacial score (nSPS) is 15.7. The number of nitrogens with zero attached hydrogens (tertiary/aromatic N) is 4. The summed E-state index contributed by atoms with van der Waals surface area (Å²) in [6, 6.07) is 4.41. The van der Waals surface area contributed by atoms with Gasteiger partial charge in [-0.15, -0.1) is 11.8 Å². The van der Waals surface area contributed by atoms with Gasteiger partial charge in [-0.05, 0) is 24.5 Å². The summed E-state index contributed by atoms with van der Waals surface area (Å²) in [5.41, 5.74) is 7.69. The van der Waals surface area contributed by atoms with E-state index < -0.39 is 11.2 Å². The van der Waals surface area contributed by atoms with Crippen molar-refractivity contribution in [2.45, 2.75) is 35.6 Å². The van der Waals surface area contributed by atoms with Crippen molar-refractivity contribution in [3.63, 3.8) is 0 Å². The maximum absolute atomic E-state index is 12.1. The number of amides is 1. The lowest BCUT2D eigenvalue weighted by atomic mass is 10.0. The largest absolute Gasteiger partial charge is 0.379 e. The van der Waals surface area contributed by atoms with Gasteiger partial charge in [0.1, 0.15) is 27.4 Å². The van der Waals surface area contributed by atoms with Crippen LogP contribution in [0.2, 0.25) is 0 Å². The molecule has 0 aliphatic carbocycles. The number of pyridine rings is 1. The van der Waals surface area contributed by atoms with Crippen molar-refractivity contribution in [2.75, 3.05) is 38.6 Å². The van der Waals surface area contributed by atoms with E-state index in [-0.39, 0.29) is 0 Å². The Bertz CT molecular complexity index is 927. The summed E-state index contributed by atoms with van der Waals surface area (Å²) in [7, 11) is 0. The van der Waals surface area contributed by atoms with Crippen LogP contribution in [0.4, 0.5) is 0 Å². The van der Waals surface area contributed by atoms with Gasteiger partial charge in [-0.2, -0.15) is 10.5 Å². The summed E-state index contributed by atoms with van der Waals surface area (Å²) in [6.45, 7) is 11.5. The van der Waals surface area contributed by atoms with Gasteiger partial charge in [0.05, 0.1) is 24.3 Å². The van der Waals surface area contributed by atoms with E-state index in [4.69, 9.17) is 10.5 Å². The number of primary amides is 1. The van der Waals surface area contributed by atoms with Gasteiger partial charge in [0, 0.05) is 25.4 Å². The fraction of sp³-hybridized carbons (Fsp3) is 0.455. The Morgan fingerprint density at radius 1 is 1.32 bits per heavy atom. The van der Waals surface area contributed by atoms with Gasteiger partial charge in [-0.25, -0.2) is 4.98 Å². The molecule has 1 unspecified atom stereocenters. The lowest BCUT2D eigenvalue weighted by molar-refractivity contribution is -0.116. The van der Waals surface area contributed by atoms with Crippen LogP contribution in [0.5, 0.6) is 0 Å². The first kappa shape index (κ1) is 25.0. The van der Waals surface area contributed by atoms with Crippen LogP contribution in [-0.4, -0.2) is 59.6 Å². The van der Waals surface area contributed by atoms with E-state index in [0.29, 0.717) is 38.7 Å². The standard InChI is InChI=1S/C22H27N5O2S2/c1-4-15(5-2)19(20(25)28)31-22-18(14-24)16(6-3)17(13-23)21(26-22)30-12-9-27-7-10-29-11-8-27/h4-5,19H,1,6-12H2,2-3H3,(H2,25,28)/b15-5+. The van der Waals surface area contributed by atoms with Gasteiger partial charge in [0.15, 0.2) is 0 Å². The second-order valence-corrected chi connectivity index (χ2v) is 8.90. The maximum atomic E-state index is 12.1. The Balaban J connectivity index is 2.39. The Kier molecular flexibility index (Phi) is 10.1. The molecule has 1 atom stereocenters. The lowest BCUT2D eigenvalue weighted by Crippen LogP contribution is -2.37. The van der Waals surface area contributed by atoms with Gasteiger partial charge in [0.25, 0.3) is 0 Å². The molecule has 9 heteroatoms. The number of allylic oxidation sites excluding steroid dienone is 2. The zero-order valence-corrected chi connectivity index (χ0v) is 19.5. The first-order valence-corrected chi connectivity index (χ1v) is 11.9. The van der Waals surface area contributed by atoms with E-state index >= 15 is 0 Å². The van der Waals surface area contributed by atoms with Gasteiger partial charge in [-0.3, -0.25) is 9.69 Å². The first-order valence-electron chi connectivity index (χ1n) is 10.0. The molecule has 1 aliphatic heterocycles. The predicted molar refractivity (Wildman–Crippen MR) is 124 cm³/mol. The van der Waals surface area contributed by atoms with Crippen LogP contribution in [0.25, 0.3) is 0 Å². The summed E-state index contributed by atoms with van der Waals surface area (Å²) >= 11 is 2.63. The quantitative estimate of drug-likeness (QED) is 0.421. The molecular weight excluding hydrogens is 430 g/mol. The summed E-state index contributed by atoms with van der Waals surface area (Å²) in [5.74, 6) is 0.222. The van der Waals surface area contributed by atoms with Gasteiger partial charge in [-0.1, -0.05) is 37.4 Å². The maximum Gasteiger partial charge on any atom is 0.235 e. The van der Waals surface area contributed by atoms with Crippen LogP contribution in [0.15, 0.2) is 34.4 Å². The molecular formula is C22H27N5O2S2. The van der Waals surface area contributed by atoms with Gasteiger partial charge >= 0.3 is 0 Å². The second kappa shape index (κ2) is 12.5. The predicted octanol–water partition coefficient (Wildman–Crippen LogP) is 2.89. The molecule has 1 aliphatic rings. The van der Waals surface area contributed by atoms with E-state index in [1.54, 1.807) is 19.1 Å². The fourth-order valence-corrected chi connectivity index (χ4v) is 5.44. The number of ether oxygens (including phenoxy) is 1. The number of morpholine rings is 1. The second-order valence-electron chi connectivity index (χ2n) is 6.72. The molecule has 1 amide bonds. The van der Waals surface area contributed by atoms with E-state index in [9.17, 15) is 15.3 Å². The molecule has 0 saturated carbocycles. The molecule has 1 fully saturated rings. The van der Waals surface area contributed by atoms with Gasteiger partial charge < -0.3 is 10.5 Å². The van der Waals surface area contributed by atoms with Crippen molar-refractivity contribution in [1.82, 2.24) is 9.88 Å². The van der Waals surface area contributed by atoms with Crippen LogP contribution in [-0.2, 0) is 16.0 Å². The molecule has 2 N–H and O–H groups in total. The highest BCUT2D eigenvalue weighted by Crippen LogP contribution is 2.36. The molecule has 1 saturated heterocycles. The number of aromatic nitrogens is 1. The molecule has 7 nitrogen and oxygen atoms in total. The monoisotopic (exact) mass is 457 g/mol. The number of carbonyl (C=O) groups is 1. The number of thioether (sulfide) groups is 2. The molecule has 0 radical (unpaired) electrons. The average molecular weight is 458 g/mol. The average Bonchev–Trinajstić information content (AvgIpc) is 2.79. The molecule has 1 aromatic heterocycles. The summed E-state index contributed by atoms with van der Waals surface area (Å²) in [6.07, 6.45) is 3.86. The first-order chi connectivity index (χ1) is 15.0. The Morgan fingerprint density at radius 2 is 1.97 bits per heavy atom. The number of hydrogen-bond donors (Lipinski definition) is 1. The van der Waals surface area contributed by atoms with E-state index in [1.165, 1.54) is 11.8 Å².